The van der Waals surface area contributed by atoms with Gasteiger partial charge in [0.25, 0.3) is 0 Å². The van der Waals surface area contributed by atoms with Crippen molar-refractivity contribution < 1.29 is 29.1 Å². The summed E-state index contributed by atoms with van der Waals surface area (Å²) >= 11 is 0. The van der Waals surface area contributed by atoms with Crippen molar-refractivity contribution in [1.29, 1.82) is 0 Å². The van der Waals surface area contributed by atoms with E-state index in [2.05, 4.69) is 16.0 Å². The van der Waals surface area contributed by atoms with Gasteiger partial charge in [-0.1, -0.05) is 40.0 Å². The van der Waals surface area contributed by atoms with Crippen molar-refractivity contribution in [2.45, 2.75) is 122 Å². The Bertz CT molecular complexity index is 831. The van der Waals surface area contributed by atoms with Gasteiger partial charge in [0.05, 0.1) is 0 Å². The molecule has 2 aliphatic heterocycles. The first kappa shape index (κ1) is 29.7. The van der Waals surface area contributed by atoms with Crippen molar-refractivity contribution in [3.05, 3.63) is 0 Å². The minimum absolute atomic E-state index is 0.140. The molecule has 2 heterocycles. The lowest BCUT2D eigenvalue weighted by Gasteiger charge is -2.37. The highest BCUT2D eigenvalue weighted by Gasteiger charge is 2.44. The highest BCUT2D eigenvalue weighted by molar-refractivity contribution is 5.99. The molecule has 0 bridgehead atoms. The Labute approximate surface area is 214 Å². The number of nitrogens with zero attached hydrogens (tertiary/aromatic N) is 1. The third kappa shape index (κ3) is 7.27. The molecule has 4 N–H and O–H groups in total. The molecule has 2 aliphatic rings. The van der Waals surface area contributed by atoms with Gasteiger partial charge in [-0.25, -0.2) is 0 Å². The summed E-state index contributed by atoms with van der Waals surface area (Å²) in [6.45, 7) is 9.13. The maximum atomic E-state index is 13.5. The van der Waals surface area contributed by atoms with Gasteiger partial charge in [-0.15, -0.1) is 0 Å². The second-order valence-corrected chi connectivity index (χ2v) is 10.5. The van der Waals surface area contributed by atoms with Crippen LogP contribution in [0.1, 0.15) is 92.4 Å². The Hall–Kier alpha value is -2.49. The molecule has 0 unspecified atom stereocenters. The lowest BCUT2D eigenvalue weighted by atomic mass is 9.92. The number of carbonyl (C=O) groups excluding carboxylic acids is 5. The number of Topliss-reactive ketones (excluding diaryl/α,β-unsaturated/α-hetero) is 1. The van der Waals surface area contributed by atoms with Crippen molar-refractivity contribution >= 4 is 29.4 Å². The molecule has 0 aromatic heterocycles. The van der Waals surface area contributed by atoms with E-state index in [1.165, 1.54) is 6.92 Å². The zero-order valence-electron chi connectivity index (χ0n) is 22.4. The number of amides is 4. The van der Waals surface area contributed by atoms with Crippen LogP contribution >= 0.6 is 0 Å². The molecule has 204 valence electrons. The normalized spacial score (nSPS) is 29.3. The van der Waals surface area contributed by atoms with Gasteiger partial charge in [0, 0.05) is 13.0 Å². The van der Waals surface area contributed by atoms with E-state index in [1.807, 2.05) is 13.8 Å². The molecule has 0 aliphatic carbocycles. The van der Waals surface area contributed by atoms with Crippen LogP contribution in [0.4, 0.5) is 0 Å². The van der Waals surface area contributed by atoms with Crippen LogP contribution in [-0.4, -0.2) is 75.7 Å². The molecule has 2 saturated heterocycles. The summed E-state index contributed by atoms with van der Waals surface area (Å²) in [5, 5.41) is 17.9. The second-order valence-electron chi connectivity index (χ2n) is 10.5. The zero-order valence-corrected chi connectivity index (χ0v) is 22.4. The van der Waals surface area contributed by atoms with E-state index in [4.69, 9.17) is 0 Å². The number of hydrogen-bond donors (Lipinski definition) is 4. The van der Waals surface area contributed by atoms with Crippen molar-refractivity contribution in [3.8, 4) is 0 Å². The fourth-order valence-electron chi connectivity index (χ4n) is 4.70. The first-order chi connectivity index (χ1) is 16.9. The molecule has 10 heteroatoms. The van der Waals surface area contributed by atoms with E-state index in [-0.39, 0.29) is 29.9 Å². The molecule has 2 fully saturated rings. The standard InChI is InChI=1S/C26H44N4O6/c1-6-16(3)21-24(35)30-15-11-13-19(30)23(34)27-18(12-9-8-10-14-20(32)17(4)31)22(33)29-26(5,7-2)25(36)28-21/h16-19,21,31H,6-15H2,1-5H3,(H,27,34)(H,28,36)(H,29,33)/t16-,17+,18-,19+,21-,26-/m0/s1. The largest absolute Gasteiger partial charge is 0.386 e. The zero-order chi connectivity index (χ0) is 27.0. The highest BCUT2D eigenvalue weighted by Crippen LogP contribution is 2.23. The van der Waals surface area contributed by atoms with Crippen LogP contribution in [0, 0.1) is 5.92 Å². The van der Waals surface area contributed by atoms with Crippen molar-refractivity contribution in [1.82, 2.24) is 20.9 Å². The predicted octanol–water partition coefficient (Wildman–Crippen LogP) is 1.19. The van der Waals surface area contributed by atoms with E-state index in [0.29, 0.717) is 57.9 Å². The number of aliphatic hydroxyl groups excluding tert-OH is 1. The number of unbranched alkanes of at least 4 members (excludes halogenated alkanes) is 2. The second kappa shape index (κ2) is 13.2. The molecule has 36 heavy (non-hydrogen) atoms. The molecule has 0 saturated carbocycles. The summed E-state index contributed by atoms with van der Waals surface area (Å²) in [6, 6.07) is -2.33. The van der Waals surface area contributed by atoms with Crippen molar-refractivity contribution in [3.63, 3.8) is 0 Å². The van der Waals surface area contributed by atoms with E-state index < -0.39 is 41.6 Å². The minimum Gasteiger partial charge on any atom is -0.386 e. The van der Waals surface area contributed by atoms with Crippen LogP contribution in [0.3, 0.4) is 0 Å². The average Bonchev–Trinajstić information content (AvgIpc) is 3.34. The van der Waals surface area contributed by atoms with Crippen LogP contribution in [0.2, 0.25) is 0 Å². The van der Waals surface area contributed by atoms with Crippen molar-refractivity contribution in [2.24, 2.45) is 5.92 Å². The summed E-state index contributed by atoms with van der Waals surface area (Å²) in [5.41, 5.74) is -1.25. The monoisotopic (exact) mass is 508 g/mol. The molecule has 10 nitrogen and oxygen atoms in total. The summed E-state index contributed by atoms with van der Waals surface area (Å²) in [5.74, 6) is -1.86. The van der Waals surface area contributed by atoms with E-state index in [9.17, 15) is 29.1 Å². The fraction of sp³-hybridized carbons (Fsp3) is 0.808. The van der Waals surface area contributed by atoms with Crippen LogP contribution in [-0.2, 0) is 24.0 Å². The molecule has 6 atom stereocenters. The fourth-order valence-corrected chi connectivity index (χ4v) is 4.70. The number of carbonyl (C=O) groups is 5. The molecule has 2 rings (SSSR count). The highest BCUT2D eigenvalue weighted by atomic mass is 16.3. The maximum absolute atomic E-state index is 13.5. The van der Waals surface area contributed by atoms with Crippen LogP contribution in [0.15, 0.2) is 0 Å². The number of ketones is 1. The third-order valence-corrected chi connectivity index (χ3v) is 7.73. The van der Waals surface area contributed by atoms with Crippen LogP contribution < -0.4 is 16.0 Å². The van der Waals surface area contributed by atoms with Gasteiger partial charge < -0.3 is 26.0 Å². The third-order valence-electron chi connectivity index (χ3n) is 7.73. The Morgan fingerprint density at radius 2 is 1.78 bits per heavy atom. The van der Waals surface area contributed by atoms with Gasteiger partial charge >= 0.3 is 0 Å². The number of aliphatic hydroxyl groups is 1. The Morgan fingerprint density at radius 1 is 1.08 bits per heavy atom. The first-order valence-electron chi connectivity index (χ1n) is 13.4. The van der Waals surface area contributed by atoms with Crippen LogP contribution in [0.25, 0.3) is 0 Å². The minimum atomic E-state index is -1.25. The Morgan fingerprint density at radius 3 is 2.39 bits per heavy atom. The molecule has 4 amide bonds. The summed E-state index contributed by atoms with van der Waals surface area (Å²) < 4.78 is 0. The number of hydrogen-bond acceptors (Lipinski definition) is 6. The number of nitrogens with one attached hydrogen (secondary N) is 3. The number of fused-ring (bicyclic) bond motifs is 1. The van der Waals surface area contributed by atoms with E-state index >= 15 is 0 Å². The van der Waals surface area contributed by atoms with Crippen molar-refractivity contribution in [2.75, 3.05) is 6.54 Å². The first-order valence-corrected chi connectivity index (χ1v) is 13.4. The summed E-state index contributed by atoms with van der Waals surface area (Å²) in [4.78, 5) is 66.6. The maximum Gasteiger partial charge on any atom is 0.246 e. The molecule has 0 spiro atoms. The molecular formula is C26H44N4O6. The average molecular weight is 509 g/mol. The summed E-state index contributed by atoms with van der Waals surface area (Å²) in [6.07, 6.45) is 3.54. The number of rotatable bonds is 10. The molecule has 0 aromatic carbocycles. The molecule has 0 aromatic rings. The van der Waals surface area contributed by atoms with Gasteiger partial charge in [0.15, 0.2) is 5.78 Å². The van der Waals surface area contributed by atoms with Gasteiger partial charge in [0.1, 0.15) is 29.8 Å². The predicted molar refractivity (Wildman–Crippen MR) is 135 cm³/mol. The quantitative estimate of drug-likeness (QED) is 0.326. The summed E-state index contributed by atoms with van der Waals surface area (Å²) in [7, 11) is 0. The van der Waals surface area contributed by atoms with Gasteiger partial charge in [-0.3, -0.25) is 24.0 Å². The Kier molecular flexibility index (Phi) is 10.9. The molecule has 0 radical (unpaired) electrons. The van der Waals surface area contributed by atoms with Gasteiger partial charge in [-0.2, -0.15) is 0 Å². The SMILES string of the molecule is CC[C@H](C)[C@@H]1NC(=O)[C@](C)(CC)NC(=O)[C@H](CCCCCC(=O)[C@@H](C)O)NC(=O)[C@H]2CCCN2C1=O. The van der Waals surface area contributed by atoms with Crippen LogP contribution in [0.5, 0.6) is 0 Å². The lowest BCUT2D eigenvalue weighted by molar-refractivity contribution is -0.145. The van der Waals surface area contributed by atoms with Gasteiger partial charge in [0.2, 0.25) is 23.6 Å². The Balaban J connectivity index is 2.26. The molecular weight excluding hydrogens is 464 g/mol. The topological polar surface area (TPSA) is 145 Å². The van der Waals surface area contributed by atoms with E-state index in [0.717, 1.165) is 0 Å². The van der Waals surface area contributed by atoms with E-state index in [1.54, 1.807) is 18.7 Å². The van der Waals surface area contributed by atoms with Gasteiger partial charge in [-0.05, 0) is 51.9 Å². The lowest BCUT2D eigenvalue weighted by Crippen LogP contribution is -2.66. The smallest absolute Gasteiger partial charge is 0.246 e.